The number of anilines is 1. The van der Waals surface area contributed by atoms with Gasteiger partial charge in [-0.05, 0) is 54.4 Å². The van der Waals surface area contributed by atoms with E-state index in [4.69, 9.17) is 40.2 Å². The number of hydrogen-bond acceptors (Lipinski definition) is 3. The highest BCUT2D eigenvalue weighted by molar-refractivity contribution is 7.80. The van der Waals surface area contributed by atoms with Crippen LogP contribution in [0.25, 0.3) is 0 Å². The standard InChI is InChI=1S/C20H22Cl2N2O2S/c1-13(2)15-6-3-4-7-17(15)23-20(27)24-19(25)8-5-11-26-18-10-9-14(21)12-16(18)22/h3-4,6-7,9-10,12-13H,5,8,11H2,1-2H3,(H2,23,24,25,27). The maximum absolute atomic E-state index is 12.0. The molecule has 0 heterocycles. The van der Waals surface area contributed by atoms with E-state index in [0.29, 0.717) is 41.2 Å². The van der Waals surface area contributed by atoms with E-state index in [-0.39, 0.29) is 11.0 Å². The Hall–Kier alpha value is -1.82. The van der Waals surface area contributed by atoms with Crippen molar-refractivity contribution in [2.45, 2.75) is 32.6 Å². The molecule has 0 aliphatic rings. The monoisotopic (exact) mass is 424 g/mol. The summed E-state index contributed by atoms with van der Waals surface area (Å²) in [5, 5.41) is 7.06. The van der Waals surface area contributed by atoms with Gasteiger partial charge in [0.2, 0.25) is 5.91 Å². The molecular formula is C20H22Cl2N2O2S. The average molecular weight is 425 g/mol. The molecule has 0 aliphatic heterocycles. The number of carbonyl (C=O) groups is 1. The largest absolute Gasteiger partial charge is 0.492 e. The molecule has 0 saturated carbocycles. The SMILES string of the molecule is CC(C)c1ccccc1NC(=S)NC(=O)CCCOc1ccc(Cl)cc1Cl. The minimum absolute atomic E-state index is 0.166. The van der Waals surface area contributed by atoms with Crippen LogP contribution in [0.3, 0.4) is 0 Å². The van der Waals surface area contributed by atoms with Gasteiger partial charge in [0.05, 0.1) is 11.6 Å². The van der Waals surface area contributed by atoms with Crippen LogP contribution in [0.15, 0.2) is 42.5 Å². The van der Waals surface area contributed by atoms with Crippen molar-refractivity contribution >= 4 is 52.1 Å². The van der Waals surface area contributed by atoms with E-state index in [1.165, 1.54) is 0 Å². The van der Waals surface area contributed by atoms with E-state index >= 15 is 0 Å². The third-order valence-corrected chi connectivity index (χ3v) is 4.52. The zero-order chi connectivity index (χ0) is 19.8. The Morgan fingerprint density at radius 1 is 1.19 bits per heavy atom. The molecule has 0 atom stereocenters. The van der Waals surface area contributed by atoms with Crippen molar-refractivity contribution in [1.29, 1.82) is 0 Å². The molecule has 0 fully saturated rings. The van der Waals surface area contributed by atoms with Gasteiger partial charge in [0.25, 0.3) is 0 Å². The predicted octanol–water partition coefficient (Wildman–Crippen LogP) is 5.79. The average Bonchev–Trinajstić information content (AvgIpc) is 2.60. The van der Waals surface area contributed by atoms with Gasteiger partial charge in [0.1, 0.15) is 5.75 Å². The lowest BCUT2D eigenvalue weighted by molar-refractivity contribution is -0.119. The van der Waals surface area contributed by atoms with Crippen LogP contribution in [-0.2, 0) is 4.79 Å². The van der Waals surface area contributed by atoms with E-state index in [0.717, 1.165) is 11.3 Å². The second-order valence-electron chi connectivity index (χ2n) is 6.27. The zero-order valence-corrected chi connectivity index (χ0v) is 17.5. The fourth-order valence-corrected chi connectivity index (χ4v) is 3.15. The smallest absolute Gasteiger partial charge is 0.226 e. The fourth-order valence-electron chi connectivity index (χ4n) is 2.46. The predicted molar refractivity (Wildman–Crippen MR) is 116 cm³/mol. The third-order valence-electron chi connectivity index (χ3n) is 3.78. The molecule has 2 rings (SSSR count). The first-order valence-corrected chi connectivity index (χ1v) is 9.81. The minimum Gasteiger partial charge on any atom is -0.492 e. The topological polar surface area (TPSA) is 50.4 Å². The Bertz CT molecular complexity index is 812. The highest BCUT2D eigenvalue weighted by Crippen LogP contribution is 2.27. The van der Waals surface area contributed by atoms with E-state index < -0.39 is 0 Å². The summed E-state index contributed by atoms with van der Waals surface area (Å²) in [4.78, 5) is 12.0. The number of ether oxygens (including phenoxy) is 1. The summed E-state index contributed by atoms with van der Waals surface area (Å²) in [6.45, 7) is 4.58. The van der Waals surface area contributed by atoms with Crippen LogP contribution in [-0.4, -0.2) is 17.6 Å². The molecule has 27 heavy (non-hydrogen) atoms. The summed E-state index contributed by atoms with van der Waals surface area (Å²) in [6, 6.07) is 12.9. The van der Waals surface area contributed by atoms with Gasteiger partial charge < -0.3 is 15.4 Å². The number of hydrogen-bond donors (Lipinski definition) is 2. The number of halogens is 2. The summed E-state index contributed by atoms with van der Waals surface area (Å²) in [7, 11) is 0. The number of benzene rings is 2. The Morgan fingerprint density at radius 2 is 1.93 bits per heavy atom. The molecule has 1 amide bonds. The summed E-state index contributed by atoms with van der Waals surface area (Å²) in [5.41, 5.74) is 2.04. The molecule has 4 nitrogen and oxygen atoms in total. The molecule has 0 aromatic heterocycles. The van der Waals surface area contributed by atoms with E-state index in [2.05, 4.69) is 24.5 Å². The van der Waals surface area contributed by atoms with Gasteiger partial charge >= 0.3 is 0 Å². The van der Waals surface area contributed by atoms with E-state index in [1.54, 1.807) is 18.2 Å². The van der Waals surface area contributed by atoms with Gasteiger partial charge in [-0.2, -0.15) is 0 Å². The Kier molecular flexibility index (Phi) is 8.35. The van der Waals surface area contributed by atoms with Crippen LogP contribution in [0.1, 0.15) is 38.2 Å². The van der Waals surface area contributed by atoms with Crippen molar-refractivity contribution < 1.29 is 9.53 Å². The van der Waals surface area contributed by atoms with Gasteiger partial charge in [-0.3, -0.25) is 4.79 Å². The number of amides is 1. The van der Waals surface area contributed by atoms with Crippen molar-refractivity contribution in [3.8, 4) is 5.75 Å². The Labute approximate surface area is 175 Å². The van der Waals surface area contributed by atoms with Crippen LogP contribution < -0.4 is 15.4 Å². The van der Waals surface area contributed by atoms with Gasteiger partial charge in [0, 0.05) is 17.1 Å². The molecule has 2 aromatic rings. The fraction of sp³-hybridized carbons (Fsp3) is 0.300. The molecule has 0 bridgehead atoms. The highest BCUT2D eigenvalue weighted by atomic mass is 35.5. The van der Waals surface area contributed by atoms with Gasteiger partial charge in [-0.25, -0.2) is 0 Å². The van der Waals surface area contributed by atoms with Crippen LogP contribution in [0.4, 0.5) is 5.69 Å². The lowest BCUT2D eigenvalue weighted by atomic mass is 10.0. The van der Waals surface area contributed by atoms with Gasteiger partial charge in [-0.1, -0.05) is 55.2 Å². The summed E-state index contributed by atoms with van der Waals surface area (Å²) in [5.74, 6) is 0.730. The lowest BCUT2D eigenvalue weighted by Crippen LogP contribution is -2.34. The number of rotatable bonds is 7. The minimum atomic E-state index is -0.166. The van der Waals surface area contributed by atoms with Crippen LogP contribution >= 0.6 is 35.4 Å². The second-order valence-corrected chi connectivity index (χ2v) is 7.52. The Morgan fingerprint density at radius 3 is 2.63 bits per heavy atom. The molecule has 0 radical (unpaired) electrons. The number of carbonyl (C=O) groups excluding carboxylic acids is 1. The van der Waals surface area contributed by atoms with Crippen LogP contribution in [0.5, 0.6) is 5.75 Å². The first-order valence-electron chi connectivity index (χ1n) is 8.64. The molecule has 2 N–H and O–H groups in total. The molecular weight excluding hydrogens is 403 g/mol. The summed E-state index contributed by atoms with van der Waals surface area (Å²) in [6.07, 6.45) is 0.828. The van der Waals surface area contributed by atoms with Gasteiger partial charge in [-0.15, -0.1) is 0 Å². The summed E-state index contributed by atoms with van der Waals surface area (Å²) >= 11 is 17.1. The van der Waals surface area contributed by atoms with Crippen LogP contribution in [0.2, 0.25) is 10.0 Å². The maximum atomic E-state index is 12.0. The molecule has 0 aliphatic carbocycles. The molecule has 7 heteroatoms. The quantitative estimate of drug-likeness (QED) is 0.436. The molecule has 2 aromatic carbocycles. The number of nitrogens with one attached hydrogen (secondary N) is 2. The first kappa shape index (κ1) is 21.5. The Balaban J connectivity index is 1.75. The van der Waals surface area contributed by atoms with Crippen molar-refractivity contribution in [1.82, 2.24) is 5.32 Å². The molecule has 0 unspecified atom stereocenters. The van der Waals surface area contributed by atoms with Crippen molar-refractivity contribution in [2.75, 3.05) is 11.9 Å². The number of thiocarbonyl (C=S) groups is 1. The lowest BCUT2D eigenvalue weighted by Gasteiger charge is -2.15. The van der Waals surface area contributed by atoms with Crippen LogP contribution in [0, 0.1) is 0 Å². The van der Waals surface area contributed by atoms with Gasteiger partial charge in [0.15, 0.2) is 5.11 Å². The summed E-state index contributed by atoms with van der Waals surface area (Å²) < 4.78 is 5.57. The van der Waals surface area contributed by atoms with Crippen molar-refractivity contribution in [2.24, 2.45) is 0 Å². The first-order chi connectivity index (χ1) is 12.9. The zero-order valence-electron chi connectivity index (χ0n) is 15.2. The second kappa shape index (κ2) is 10.5. The van der Waals surface area contributed by atoms with E-state index in [9.17, 15) is 4.79 Å². The van der Waals surface area contributed by atoms with Crippen molar-refractivity contribution in [3.05, 3.63) is 58.1 Å². The van der Waals surface area contributed by atoms with E-state index in [1.807, 2.05) is 24.3 Å². The third kappa shape index (κ3) is 7.01. The highest BCUT2D eigenvalue weighted by Gasteiger charge is 2.10. The molecule has 0 spiro atoms. The molecule has 144 valence electrons. The normalized spacial score (nSPS) is 10.6. The van der Waals surface area contributed by atoms with Crippen molar-refractivity contribution in [3.63, 3.8) is 0 Å². The molecule has 0 saturated heterocycles. The maximum Gasteiger partial charge on any atom is 0.226 e. The number of para-hydroxylation sites is 1.